The van der Waals surface area contributed by atoms with Crippen LogP contribution in [0.1, 0.15) is 35.7 Å². The van der Waals surface area contributed by atoms with Crippen LogP contribution in [0.15, 0.2) is 54.6 Å². The van der Waals surface area contributed by atoms with Crippen LogP contribution in [-0.2, 0) is 26.1 Å². The third-order valence-corrected chi connectivity index (χ3v) is 9.85. The molecule has 15 heteroatoms. The zero-order chi connectivity index (χ0) is 36.6. The van der Waals surface area contributed by atoms with Crippen LogP contribution in [0.2, 0.25) is 0 Å². The summed E-state index contributed by atoms with van der Waals surface area (Å²) in [5, 5.41) is 14.2. The van der Waals surface area contributed by atoms with Crippen molar-refractivity contribution in [3.63, 3.8) is 0 Å². The second-order valence-corrected chi connectivity index (χ2v) is 14.7. The number of ether oxygens (including phenoxy) is 4. The average molecular weight is 721 g/mol. The van der Waals surface area contributed by atoms with E-state index in [9.17, 15) is 27.1 Å². The van der Waals surface area contributed by atoms with Crippen LogP contribution >= 0.6 is 0 Å². The van der Waals surface area contributed by atoms with Gasteiger partial charge in [0.2, 0.25) is 10.0 Å². The number of nitrogens with one attached hydrogen (secondary N) is 1. The minimum atomic E-state index is -3.72. The molecule has 0 unspecified atom stereocenters. The molecule has 1 saturated carbocycles. The molecule has 1 heterocycles. The van der Waals surface area contributed by atoms with Crippen LogP contribution < -0.4 is 24.0 Å². The molecule has 12 nitrogen and oxygen atoms in total. The Morgan fingerprint density at radius 2 is 1.66 bits per heavy atom. The van der Waals surface area contributed by atoms with E-state index in [0.29, 0.717) is 36.0 Å². The molecule has 1 aromatic heterocycles. The number of anilines is 2. The zero-order valence-electron chi connectivity index (χ0n) is 29.1. The molecule has 2 N–H and O–H groups in total. The first-order valence-corrected chi connectivity index (χ1v) is 18.0. The Bertz CT molecular complexity index is 1680. The van der Waals surface area contributed by atoms with Crippen LogP contribution in [0.5, 0.6) is 11.5 Å². The third kappa shape index (κ3) is 11.2. The van der Waals surface area contributed by atoms with Crippen molar-refractivity contribution in [1.82, 2.24) is 10.3 Å². The van der Waals surface area contributed by atoms with Crippen molar-refractivity contribution in [3.05, 3.63) is 77.4 Å². The van der Waals surface area contributed by atoms with Crippen LogP contribution in [0.25, 0.3) is 0 Å². The zero-order valence-corrected chi connectivity index (χ0v) is 30.0. The minimum Gasteiger partial charge on any atom is -0.497 e. The number of benzene rings is 2. The summed E-state index contributed by atoms with van der Waals surface area (Å²) >= 11 is 0. The molecule has 1 fully saturated rings. The van der Waals surface area contributed by atoms with E-state index in [0.717, 1.165) is 34.7 Å². The second-order valence-electron chi connectivity index (χ2n) is 12.7. The molecular formula is C35H46F2N4O8S. The molecule has 0 saturated heterocycles. The van der Waals surface area contributed by atoms with E-state index in [2.05, 4.69) is 17.2 Å². The summed E-state index contributed by atoms with van der Waals surface area (Å²) < 4.78 is 75.8. The smallest absolute Gasteiger partial charge is 0.251 e. The fourth-order valence-electron chi connectivity index (χ4n) is 5.25. The Morgan fingerprint density at radius 3 is 2.24 bits per heavy atom. The van der Waals surface area contributed by atoms with Gasteiger partial charge in [0.15, 0.2) is 0 Å². The fraction of sp³-hybridized carbons (Fsp3) is 0.486. The number of aromatic nitrogens is 1. The lowest BCUT2D eigenvalue weighted by atomic mass is 10.0. The minimum absolute atomic E-state index is 0.00307. The highest BCUT2D eigenvalue weighted by molar-refractivity contribution is 7.92. The molecule has 3 aromatic rings. The Labute approximate surface area is 292 Å². The topological polar surface area (TPSA) is 140 Å². The van der Waals surface area contributed by atoms with Crippen molar-refractivity contribution in [3.8, 4) is 11.5 Å². The standard InChI is InChI=1S/C35H46F2N4O8S/c1-22-11-25(22)18-40(2)33-12-24(13-34(39-33)41(3)50(6,44)45)35(43)38-31(21-49-29-15-26(36)14-27(37)16-29)32(42)17-30(47-5)20-48-19-23-7-9-28(46-4)10-8-23/h7-10,12-16,22,25,30-32,42H,11,17-21H2,1-6H3,(H,38,43)/t22-,25+,30+,31-,32-/m0/s1. The molecule has 4 rings (SSSR count). The molecule has 0 aliphatic heterocycles. The number of hydrogen-bond donors (Lipinski definition) is 2. The SMILES string of the molecule is COc1ccc(COC[C@@H](C[C@H](O)[C@H](COc2cc(F)cc(F)c2)NC(=O)c2cc(N(C)C[C@H]3C[C@@H]3C)nc(N(C)S(C)(=O)=O)c2)OC)cc1. The quantitative estimate of drug-likeness (QED) is 0.187. The molecule has 1 aliphatic rings. The molecule has 0 bridgehead atoms. The van der Waals surface area contributed by atoms with Gasteiger partial charge < -0.3 is 34.3 Å². The number of pyridine rings is 1. The second kappa shape index (κ2) is 17.2. The average Bonchev–Trinajstić information content (AvgIpc) is 3.78. The number of rotatable bonds is 19. The van der Waals surface area contributed by atoms with Crippen LogP contribution in [-0.4, -0.2) is 97.0 Å². The molecule has 1 aliphatic carbocycles. The molecular weight excluding hydrogens is 674 g/mol. The number of carbonyl (C=O) groups is 1. The summed E-state index contributed by atoms with van der Waals surface area (Å²) in [7, 11) is 2.48. The van der Waals surface area contributed by atoms with Gasteiger partial charge in [0.25, 0.3) is 5.91 Å². The molecule has 2 aromatic carbocycles. The van der Waals surface area contributed by atoms with Gasteiger partial charge in [0, 0.05) is 57.9 Å². The number of sulfonamides is 1. The summed E-state index contributed by atoms with van der Waals surface area (Å²) in [6.45, 7) is 2.83. The highest BCUT2D eigenvalue weighted by Gasteiger charge is 2.34. The first kappa shape index (κ1) is 38.7. The normalized spacial score (nSPS) is 17.4. The lowest BCUT2D eigenvalue weighted by molar-refractivity contribution is -0.0311. The van der Waals surface area contributed by atoms with Crippen LogP contribution in [0.3, 0.4) is 0 Å². The van der Waals surface area contributed by atoms with Crippen molar-refractivity contribution < 1.29 is 46.0 Å². The number of aliphatic hydroxyl groups excluding tert-OH is 1. The van der Waals surface area contributed by atoms with Crippen LogP contribution in [0.4, 0.5) is 20.4 Å². The van der Waals surface area contributed by atoms with Crippen LogP contribution in [0, 0.1) is 23.5 Å². The van der Waals surface area contributed by atoms with Crippen molar-refractivity contribution in [2.45, 2.75) is 44.6 Å². The van der Waals surface area contributed by atoms with Gasteiger partial charge in [-0.25, -0.2) is 22.2 Å². The van der Waals surface area contributed by atoms with Gasteiger partial charge >= 0.3 is 0 Å². The highest BCUT2D eigenvalue weighted by Crippen LogP contribution is 2.38. The Balaban J connectivity index is 1.53. The summed E-state index contributed by atoms with van der Waals surface area (Å²) in [6, 6.07) is 11.8. The number of methoxy groups -OCH3 is 2. The summed E-state index contributed by atoms with van der Waals surface area (Å²) in [5.41, 5.74) is 0.980. The summed E-state index contributed by atoms with van der Waals surface area (Å²) in [6.07, 6.45) is 0.213. The predicted octanol–water partition coefficient (Wildman–Crippen LogP) is 4.02. The maximum Gasteiger partial charge on any atom is 0.251 e. The van der Waals surface area contributed by atoms with E-state index in [-0.39, 0.29) is 43.4 Å². The number of halogens is 2. The lowest BCUT2D eigenvalue weighted by Crippen LogP contribution is -2.48. The summed E-state index contributed by atoms with van der Waals surface area (Å²) in [4.78, 5) is 20.2. The lowest BCUT2D eigenvalue weighted by Gasteiger charge is -2.28. The van der Waals surface area contributed by atoms with Crippen molar-refractivity contribution >= 4 is 27.6 Å². The maximum atomic E-state index is 13.9. The molecule has 5 atom stereocenters. The number of nitrogens with zero attached hydrogens (tertiary/aromatic N) is 3. The van der Waals surface area contributed by atoms with Gasteiger partial charge in [-0.2, -0.15) is 0 Å². The highest BCUT2D eigenvalue weighted by atomic mass is 32.2. The molecule has 50 heavy (non-hydrogen) atoms. The van der Waals surface area contributed by atoms with Gasteiger partial charge in [-0.05, 0) is 48.1 Å². The first-order valence-electron chi connectivity index (χ1n) is 16.1. The molecule has 1 amide bonds. The van der Waals surface area contributed by atoms with E-state index in [1.807, 2.05) is 36.2 Å². The first-order chi connectivity index (χ1) is 23.7. The van der Waals surface area contributed by atoms with Crippen molar-refractivity contribution in [2.24, 2.45) is 11.8 Å². The van der Waals surface area contributed by atoms with E-state index >= 15 is 0 Å². The Morgan fingerprint density at radius 1 is 1.02 bits per heavy atom. The Kier molecular flexibility index (Phi) is 13.4. The van der Waals surface area contributed by atoms with Gasteiger partial charge in [-0.15, -0.1) is 0 Å². The number of amides is 1. The van der Waals surface area contributed by atoms with Crippen molar-refractivity contribution in [1.29, 1.82) is 0 Å². The van der Waals surface area contributed by atoms with E-state index in [1.165, 1.54) is 20.2 Å². The monoisotopic (exact) mass is 720 g/mol. The van der Waals surface area contributed by atoms with Crippen molar-refractivity contribution in [2.75, 3.05) is 63.5 Å². The molecule has 0 spiro atoms. The molecule has 274 valence electrons. The van der Waals surface area contributed by atoms with E-state index in [4.69, 9.17) is 18.9 Å². The number of carbonyl (C=O) groups excluding carboxylic acids is 1. The van der Waals surface area contributed by atoms with E-state index < -0.39 is 45.8 Å². The van der Waals surface area contributed by atoms with Gasteiger partial charge in [-0.1, -0.05) is 19.1 Å². The van der Waals surface area contributed by atoms with Gasteiger partial charge in [0.1, 0.15) is 41.4 Å². The largest absolute Gasteiger partial charge is 0.497 e. The number of aliphatic hydroxyl groups is 1. The predicted molar refractivity (Wildman–Crippen MR) is 185 cm³/mol. The maximum absolute atomic E-state index is 13.9. The van der Waals surface area contributed by atoms with Gasteiger partial charge in [0.05, 0.1) is 44.8 Å². The molecule has 0 radical (unpaired) electrons. The third-order valence-electron chi connectivity index (χ3n) is 8.67. The van der Waals surface area contributed by atoms with E-state index in [1.54, 1.807) is 13.2 Å². The number of hydrogen-bond acceptors (Lipinski definition) is 10. The van der Waals surface area contributed by atoms with Gasteiger partial charge in [-0.3, -0.25) is 9.10 Å². The summed E-state index contributed by atoms with van der Waals surface area (Å²) in [5.74, 6) is -0.371. The Hall–Kier alpha value is -4.05. The fourth-order valence-corrected chi connectivity index (χ4v) is 5.69.